The van der Waals surface area contributed by atoms with Gasteiger partial charge in [-0.2, -0.15) is 15.8 Å². The van der Waals surface area contributed by atoms with Crippen molar-refractivity contribution >= 4 is 0 Å². The molecule has 6 nitrogen and oxygen atoms in total. The van der Waals surface area contributed by atoms with Crippen molar-refractivity contribution in [1.82, 2.24) is 0 Å². The number of ether oxygens (including phenoxy) is 3. The summed E-state index contributed by atoms with van der Waals surface area (Å²) in [7, 11) is 0. The molecule has 4 rings (SSSR count). The van der Waals surface area contributed by atoms with E-state index in [1.54, 1.807) is 0 Å². The van der Waals surface area contributed by atoms with Crippen LogP contribution in [0.2, 0.25) is 0 Å². The van der Waals surface area contributed by atoms with Crippen LogP contribution in [-0.4, -0.2) is 0 Å². The third-order valence-corrected chi connectivity index (χ3v) is 4.72. The van der Waals surface area contributed by atoms with Crippen molar-refractivity contribution in [2.75, 3.05) is 0 Å². The van der Waals surface area contributed by atoms with Gasteiger partial charge in [0.25, 0.3) is 0 Å². The summed E-state index contributed by atoms with van der Waals surface area (Å²) in [5, 5.41) is 26.8. The lowest BCUT2D eigenvalue weighted by Gasteiger charge is -2.14. The molecule has 0 saturated heterocycles. The summed E-state index contributed by atoms with van der Waals surface area (Å²) in [6.07, 6.45) is 0. The normalized spacial score (nSPS) is 10.0. The lowest BCUT2D eigenvalue weighted by Crippen LogP contribution is -1.95. The minimum Gasteiger partial charge on any atom is -0.454 e. The van der Waals surface area contributed by atoms with Gasteiger partial charge in [-0.1, -0.05) is 0 Å². The third-order valence-electron chi connectivity index (χ3n) is 4.72. The molecule has 0 radical (unpaired) electrons. The van der Waals surface area contributed by atoms with Gasteiger partial charge in [0, 0.05) is 18.2 Å². The summed E-state index contributed by atoms with van der Waals surface area (Å²) < 4.78 is 59.9. The van der Waals surface area contributed by atoms with Crippen LogP contribution in [0.3, 0.4) is 0 Å². The van der Waals surface area contributed by atoms with Crippen molar-refractivity contribution in [3.8, 4) is 52.7 Å². The van der Waals surface area contributed by atoms with Gasteiger partial charge in [0.2, 0.25) is 0 Å². The van der Waals surface area contributed by atoms with Gasteiger partial charge in [-0.05, 0) is 54.6 Å². The maximum atomic E-state index is 14.4. The molecule has 174 valence electrons. The Hall–Kier alpha value is -5.46. The standard InChI is InChI=1S/C27H12F3N3O3/c28-22-7-16(13-31)1-4-25(22)34-19-10-20(35-26-5-2-17(14-32)8-23(26)29)12-21(11-19)36-27-6-3-18(15-33)9-24(27)30/h1-12H. The summed E-state index contributed by atoms with van der Waals surface area (Å²) in [5.74, 6) is -3.08. The predicted molar refractivity (Wildman–Crippen MR) is 120 cm³/mol. The van der Waals surface area contributed by atoms with E-state index in [4.69, 9.17) is 30.0 Å². The van der Waals surface area contributed by atoms with Crippen LogP contribution >= 0.6 is 0 Å². The Morgan fingerprint density at radius 2 is 0.722 bits per heavy atom. The summed E-state index contributed by atoms with van der Waals surface area (Å²) in [6.45, 7) is 0. The highest BCUT2D eigenvalue weighted by Crippen LogP contribution is 2.37. The van der Waals surface area contributed by atoms with Crippen molar-refractivity contribution < 1.29 is 27.4 Å². The van der Waals surface area contributed by atoms with Crippen LogP contribution in [0.15, 0.2) is 72.8 Å². The van der Waals surface area contributed by atoms with Gasteiger partial charge in [-0.3, -0.25) is 0 Å². The molecule has 0 unspecified atom stereocenters. The van der Waals surface area contributed by atoms with E-state index < -0.39 is 17.5 Å². The second-order valence-electron chi connectivity index (χ2n) is 7.22. The molecule has 0 fully saturated rings. The van der Waals surface area contributed by atoms with E-state index in [9.17, 15) is 13.2 Å². The lowest BCUT2D eigenvalue weighted by atomic mass is 10.2. The summed E-state index contributed by atoms with van der Waals surface area (Å²) >= 11 is 0. The summed E-state index contributed by atoms with van der Waals surface area (Å²) in [6, 6.07) is 20.2. The average Bonchev–Trinajstić information content (AvgIpc) is 2.87. The van der Waals surface area contributed by atoms with Gasteiger partial charge in [0.1, 0.15) is 17.2 Å². The van der Waals surface area contributed by atoms with E-state index in [0.29, 0.717) is 0 Å². The first-order valence-electron chi connectivity index (χ1n) is 10.2. The van der Waals surface area contributed by atoms with Crippen molar-refractivity contribution in [2.45, 2.75) is 0 Å². The van der Waals surface area contributed by atoms with Crippen LogP contribution in [0.5, 0.6) is 34.5 Å². The Kier molecular flexibility index (Phi) is 6.72. The molecule has 4 aromatic carbocycles. The molecule has 36 heavy (non-hydrogen) atoms. The molecule has 0 aliphatic heterocycles. The SMILES string of the molecule is N#Cc1ccc(Oc2cc(Oc3ccc(C#N)cc3F)cc(Oc3ccc(C#N)cc3F)c2)c(F)c1. The topological polar surface area (TPSA) is 99.1 Å². The molecule has 0 N–H and O–H groups in total. The Bertz CT molecular complexity index is 1400. The fourth-order valence-electron chi connectivity index (χ4n) is 3.06. The van der Waals surface area contributed by atoms with Gasteiger partial charge in [0.15, 0.2) is 34.7 Å². The zero-order chi connectivity index (χ0) is 25.7. The zero-order valence-electron chi connectivity index (χ0n) is 18.1. The van der Waals surface area contributed by atoms with E-state index >= 15 is 0 Å². The molecule has 0 aliphatic rings. The van der Waals surface area contributed by atoms with E-state index in [2.05, 4.69) is 0 Å². The van der Waals surface area contributed by atoms with Crippen molar-refractivity contribution in [3.63, 3.8) is 0 Å². The molecule has 0 bridgehead atoms. The van der Waals surface area contributed by atoms with Crippen LogP contribution < -0.4 is 14.2 Å². The molecular formula is C27H12F3N3O3. The number of hydrogen-bond acceptors (Lipinski definition) is 6. The van der Waals surface area contributed by atoms with Gasteiger partial charge in [-0.15, -0.1) is 0 Å². The van der Waals surface area contributed by atoms with Crippen LogP contribution in [0.4, 0.5) is 13.2 Å². The second-order valence-corrected chi connectivity index (χ2v) is 7.22. The number of nitriles is 3. The number of hydrogen-bond donors (Lipinski definition) is 0. The quantitative estimate of drug-likeness (QED) is 0.290. The van der Waals surface area contributed by atoms with E-state index in [0.717, 1.165) is 18.2 Å². The van der Waals surface area contributed by atoms with Crippen LogP contribution in [-0.2, 0) is 0 Å². The minimum absolute atomic E-state index is 0.00536. The fourth-order valence-corrected chi connectivity index (χ4v) is 3.06. The zero-order valence-corrected chi connectivity index (χ0v) is 18.1. The molecule has 4 aromatic rings. The Morgan fingerprint density at radius 3 is 0.944 bits per heavy atom. The number of rotatable bonds is 6. The van der Waals surface area contributed by atoms with Gasteiger partial charge in [0.05, 0.1) is 34.9 Å². The van der Waals surface area contributed by atoms with E-state index in [1.807, 2.05) is 18.2 Å². The molecule has 9 heteroatoms. The molecule has 0 saturated carbocycles. The van der Waals surface area contributed by atoms with Crippen molar-refractivity contribution in [3.05, 3.63) is 107 Å². The fraction of sp³-hybridized carbons (Fsp3) is 0. The monoisotopic (exact) mass is 483 g/mol. The molecule has 0 spiro atoms. The predicted octanol–water partition coefficient (Wildman–Crippen LogP) is 7.10. The summed E-state index contributed by atoms with van der Waals surface area (Å²) in [4.78, 5) is 0. The Labute approximate surface area is 203 Å². The molecule has 0 amide bonds. The Balaban J connectivity index is 1.72. The van der Waals surface area contributed by atoms with Crippen LogP contribution in [0, 0.1) is 51.4 Å². The maximum absolute atomic E-state index is 14.4. The van der Waals surface area contributed by atoms with Gasteiger partial charge in [-0.25, -0.2) is 13.2 Å². The maximum Gasteiger partial charge on any atom is 0.167 e. The van der Waals surface area contributed by atoms with Crippen LogP contribution in [0.1, 0.15) is 16.7 Å². The van der Waals surface area contributed by atoms with Crippen molar-refractivity contribution in [2.24, 2.45) is 0 Å². The molecule has 0 heterocycles. The van der Waals surface area contributed by atoms with E-state index in [1.165, 1.54) is 54.6 Å². The first-order valence-corrected chi connectivity index (χ1v) is 10.2. The molecule has 0 aliphatic carbocycles. The van der Waals surface area contributed by atoms with Crippen molar-refractivity contribution in [1.29, 1.82) is 15.8 Å². The molecule has 0 aromatic heterocycles. The largest absolute Gasteiger partial charge is 0.454 e. The first kappa shape index (κ1) is 23.7. The van der Waals surface area contributed by atoms with Crippen LogP contribution in [0.25, 0.3) is 0 Å². The third kappa shape index (κ3) is 5.36. The number of nitrogens with zero attached hydrogens (tertiary/aromatic N) is 3. The number of halogens is 3. The second kappa shape index (κ2) is 10.2. The summed E-state index contributed by atoms with van der Waals surface area (Å²) in [5.41, 5.74) is 0.274. The van der Waals surface area contributed by atoms with Gasteiger partial charge >= 0.3 is 0 Å². The van der Waals surface area contributed by atoms with Gasteiger partial charge < -0.3 is 14.2 Å². The average molecular weight is 483 g/mol. The highest BCUT2D eigenvalue weighted by atomic mass is 19.1. The smallest absolute Gasteiger partial charge is 0.167 e. The highest BCUT2D eigenvalue weighted by molar-refractivity contribution is 5.49. The lowest BCUT2D eigenvalue weighted by molar-refractivity contribution is 0.408. The highest BCUT2D eigenvalue weighted by Gasteiger charge is 2.14. The minimum atomic E-state index is -0.806. The van der Waals surface area contributed by atoms with E-state index in [-0.39, 0.29) is 51.2 Å². The number of benzene rings is 4. The first-order chi connectivity index (χ1) is 17.4. The molecule has 0 atom stereocenters. The Morgan fingerprint density at radius 1 is 0.444 bits per heavy atom. The molecular weight excluding hydrogens is 471 g/mol.